The minimum atomic E-state index is 1.07. The van der Waals surface area contributed by atoms with Gasteiger partial charge in [-0.1, -0.05) is 243 Å². The topological polar surface area (TPSA) is 3.24 Å². The zero-order valence-electron chi connectivity index (χ0n) is 34.8. The van der Waals surface area contributed by atoms with Crippen molar-refractivity contribution in [2.45, 2.75) is 0 Å². The van der Waals surface area contributed by atoms with Gasteiger partial charge in [0, 0.05) is 22.4 Å². The van der Waals surface area contributed by atoms with Crippen LogP contribution in [0.1, 0.15) is 0 Å². The van der Waals surface area contributed by atoms with Crippen LogP contribution in [0.5, 0.6) is 0 Å². The highest BCUT2D eigenvalue weighted by Gasteiger charge is 2.25. The molecule has 0 aromatic heterocycles. The van der Waals surface area contributed by atoms with Gasteiger partial charge in [0.1, 0.15) is 0 Å². The van der Waals surface area contributed by atoms with E-state index in [1.165, 1.54) is 54.9 Å². The Morgan fingerprint density at radius 3 is 1.14 bits per heavy atom. The zero-order valence-corrected chi connectivity index (χ0v) is 34.8. The zero-order chi connectivity index (χ0) is 42.0. The maximum atomic E-state index is 2.48. The number of benzene rings is 11. The molecule has 11 aromatic rings. The Bertz CT molecular complexity index is 3280. The Hall–Kier alpha value is -8.26. The number of nitrogens with zero attached hydrogens (tertiary/aromatic N) is 1. The van der Waals surface area contributed by atoms with Crippen molar-refractivity contribution in [1.29, 1.82) is 0 Å². The summed E-state index contributed by atoms with van der Waals surface area (Å²) in [6.45, 7) is 0. The Morgan fingerprint density at radius 1 is 0.222 bits per heavy atom. The largest absolute Gasteiger partial charge is 0.309 e. The molecule has 0 aliphatic heterocycles. The van der Waals surface area contributed by atoms with Gasteiger partial charge in [-0.15, -0.1) is 0 Å². The van der Waals surface area contributed by atoms with Gasteiger partial charge in [0.25, 0.3) is 0 Å². The Balaban J connectivity index is 1.16. The van der Waals surface area contributed by atoms with E-state index in [0.717, 1.165) is 50.4 Å². The fourth-order valence-electron chi connectivity index (χ4n) is 9.48. The highest BCUT2D eigenvalue weighted by molar-refractivity contribution is 6.25. The first-order chi connectivity index (χ1) is 31.3. The van der Waals surface area contributed by atoms with Gasteiger partial charge in [-0.2, -0.15) is 0 Å². The van der Waals surface area contributed by atoms with Crippen molar-refractivity contribution in [2.24, 2.45) is 0 Å². The van der Waals surface area contributed by atoms with Crippen LogP contribution in [0, 0.1) is 0 Å². The van der Waals surface area contributed by atoms with Crippen LogP contribution in [0.25, 0.3) is 88.3 Å². The summed E-state index contributed by atoms with van der Waals surface area (Å²) in [6.07, 6.45) is 0. The number of hydrogen-bond acceptors (Lipinski definition) is 1. The SMILES string of the molecule is c1ccc(-c2ccccc2N(c2ccc(-c3cccc4c(-c5ccccc5)c(-c5ccccc5)c5ccccc5c34)cc2)c2c(-c3ccccc3)cccc2-c2ccccc2)cc1. The molecule has 11 aromatic carbocycles. The standard InChI is InChI=1S/C62H43N/c1-6-22-44(23-7-1)51-32-18-19-39-58(51)63(62-53(45-24-8-2-9-25-45)36-21-37-54(62)46-26-10-3-11-27-46)50-42-40-47(41-43-50)52-35-20-38-57-60(49-30-14-5-15-31-49)59(48-28-12-4-13-29-48)55-33-16-17-34-56(55)61(52)57/h1-43H. The molecule has 296 valence electrons. The summed E-state index contributed by atoms with van der Waals surface area (Å²) in [5.74, 6) is 0. The average molecular weight is 802 g/mol. The van der Waals surface area contributed by atoms with Crippen LogP contribution < -0.4 is 4.90 Å². The molecular formula is C62H43N. The molecule has 0 fully saturated rings. The van der Waals surface area contributed by atoms with Gasteiger partial charge in [-0.25, -0.2) is 0 Å². The van der Waals surface area contributed by atoms with E-state index in [9.17, 15) is 0 Å². The number of fused-ring (bicyclic) bond motifs is 3. The second kappa shape index (κ2) is 16.7. The number of para-hydroxylation sites is 2. The van der Waals surface area contributed by atoms with Crippen molar-refractivity contribution >= 4 is 38.6 Å². The molecule has 63 heavy (non-hydrogen) atoms. The lowest BCUT2D eigenvalue weighted by molar-refractivity contribution is 1.28. The molecule has 0 amide bonds. The molecule has 0 aliphatic carbocycles. The van der Waals surface area contributed by atoms with Gasteiger partial charge in [-0.05, 0) is 89.8 Å². The van der Waals surface area contributed by atoms with Crippen LogP contribution in [-0.4, -0.2) is 0 Å². The molecule has 0 aliphatic rings. The second-order valence-electron chi connectivity index (χ2n) is 16.0. The molecule has 0 atom stereocenters. The monoisotopic (exact) mass is 801 g/mol. The highest BCUT2D eigenvalue weighted by Crippen LogP contribution is 2.51. The molecule has 11 rings (SSSR count). The van der Waals surface area contributed by atoms with Gasteiger partial charge in [0.15, 0.2) is 0 Å². The van der Waals surface area contributed by atoms with Crippen molar-refractivity contribution in [3.05, 3.63) is 261 Å². The molecule has 0 radical (unpaired) electrons. The summed E-state index contributed by atoms with van der Waals surface area (Å²) < 4.78 is 0. The fraction of sp³-hybridized carbons (Fsp3) is 0. The van der Waals surface area contributed by atoms with Crippen LogP contribution in [0.2, 0.25) is 0 Å². The minimum absolute atomic E-state index is 1.07. The third-order valence-electron chi connectivity index (χ3n) is 12.3. The highest BCUT2D eigenvalue weighted by atomic mass is 15.1. The normalized spacial score (nSPS) is 11.2. The smallest absolute Gasteiger partial charge is 0.0618 e. The van der Waals surface area contributed by atoms with Crippen LogP contribution in [0.15, 0.2) is 261 Å². The lowest BCUT2D eigenvalue weighted by Gasteiger charge is -2.32. The molecule has 0 bridgehead atoms. The summed E-state index contributed by atoms with van der Waals surface area (Å²) in [6, 6.07) is 94.6. The Kier molecular flexibility index (Phi) is 9.97. The van der Waals surface area contributed by atoms with Crippen molar-refractivity contribution < 1.29 is 0 Å². The van der Waals surface area contributed by atoms with E-state index >= 15 is 0 Å². The first-order valence-corrected chi connectivity index (χ1v) is 21.7. The maximum Gasteiger partial charge on any atom is 0.0618 e. The lowest BCUT2D eigenvalue weighted by atomic mass is 9.83. The van der Waals surface area contributed by atoms with Crippen LogP contribution in [0.3, 0.4) is 0 Å². The van der Waals surface area contributed by atoms with Gasteiger partial charge < -0.3 is 4.90 Å². The van der Waals surface area contributed by atoms with E-state index in [0.29, 0.717) is 0 Å². The van der Waals surface area contributed by atoms with Crippen LogP contribution in [0.4, 0.5) is 17.1 Å². The summed E-state index contributed by atoms with van der Waals surface area (Å²) in [5.41, 5.74) is 17.6. The first-order valence-electron chi connectivity index (χ1n) is 21.7. The average Bonchev–Trinajstić information content (AvgIpc) is 3.37. The van der Waals surface area contributed by atoms with Gasteiger partial charge in [-0.3, -0.25) is 0 Å². The molecule has 0 unspecified atom stereocenters. The van der Waals surface area contributed by atoms with E-state index in [-0.39, 0.29) is 0 Å². The van der Waals surface area contributed by atoms with E-state index in [1.807, 2.05) is 0 Å². The van der Waals surface area contributed by atoms with Crippen molar-refractivity contribution in [2.75, 3.05) is 4.90 Å². The Labute approximate surface area is 369 Å². The summed E-state index contributed by atoms with van der Waals surface area (Å²) >= 11 is 0. The molecule has 0 saturated carbocycles. The second-order valence-corrected chi connectivity index (χ2v) is 16.0. The van der Waals surface area contributed by atoms with Crippen molar-refractivity contribution in [1.82, 2.24) is 0 Å². The minimum Gasteiger partial charge on any atom is -0.309 e. The predicted octanol–water partition coefficient (Wildman–Crippen LogP) is 17.5. The number of rotatable bonds is 9. The van der Waals surface area contributed by atoms with E-state index in [1.54, 1.807) is 0 Å². The van der Waals surface area contributed by atoms with E-state index < -0.39 is 0 Å². The van der Waals surface area contributed by atoms with Gasteiger partial charge in [0.2, 0.25) is 0 Å². The van der Waals surface area contributed by atoms with E-state index in [2.05, 4.69) is 266 Å². The maximum absolute atomic E-state index is 2.48. The lowest BCUT2D eigenvalue weighted by Crippen LogP contribution is -2.14. The molecule has 1 nitrogen and oxygen atoms in total. The third kappa shape index (κ3) is 6.96. The van der Waals surface area contributed by atoms with E-state index in [4.69, 9.17) is 0 Å². The summed E-state index contributed by atoms with van der Waals surface area (Å²) in [4.78, 5) is 2.48. The number of anilines is 3. The fourth-order valence-corrected chi connectivity index (χ4v) is 9.48. The quantitative estimate of drug-likeness (QED) is 0.131. The van der Waals surface area contributed by atoms with Crippen LogP contribution in [-0.2, 0) is 0 Å². The predicted molar refractivity (Wildman–Crippen MR) is 269 cm³/mol. The van der Waals surface area contributed by atoms with Crippen molar-refractivity contribution in [3.8, 4) is 66.8 Å². The van der Waals surface area contributed by atoms with Crippen LogP contribution >= 0.6 is 0 Å². The first kappa shape index (κ1) is 37.7. The molecule has 0 heterocycles. The molecule has 0 spiro atoms. The summed E-state index contributed by atoms with van der Waals surface area (Å²) in [7, 11) is 0. The van der Waals surface area contributed by atoms with Crippen molar-refractivity contribution in [3.63, 3.8) is 0 Å². The molecular weight excluding hydrogens is 759 g/mol. The number of hydrogen-bond donors (Lipinski definition) is 0. The molecule has 1 heteroatoms. The molecule has 0 N–H and O–H groups in total. The third-order valence-corrected chi connectivity index (χ3v) is 12.3. The summed E-state index contributed by atoms with van der Waals surface area (Å²) in [5, 5.41) is 4.98. The van der Waals surface area contributed by atoms with Gasteiger partial charge in [0.05, 0.1) is 11.4 Å². The molecule has 0 saturated heterocycles. The van der Waals surface area contributed by atoms with Gasteiger partial charge >= 0.3 is 0 Å². The Morgan fingerprint density at radius 2 is 0.587 bits per heavy atom.